The molecule has 1 N–H and O–H groups in total. The lowest BCUT2D eigenvalue weighted by Gasteiger charge is -2.02. The lowest BCUT2D eigenvalue weighted by molar-refractivity contribution is -0.384. The number of nitrogens with one attached hydrogen (secondary N) is 1. The van der Waals surface area contributed by atoms with E-state index in [1.165, 1.54) is 11.3 Å². The van der Waals surface area contributed by atoms with Crippen LogP contribution in [0.25, 0.3) is 0 Å². The maximum Gasteiger partial charge on any atom is 0.300 e. The number of nitro groups is 1. The van der Waals surface area contributed by atoms with Crippen molar-refractivity contribution < 1.29 is 13.3 Å². The van der Waals surface area contributed by atoms with Crippen molar-refractivity contribution in [1.82, 2.24) is 0 Å². The molecule has 96 valence electrons. The highest BCUT2D eigenvalue weighted by Gasteiger charge is 2.25. The van der Waals surface area contributed by atoms with E-state index < -0.39 is 20.6 Å². The van der Waals surface area contributed by atoms with Crippen LogP contribution in [0.2, 0.25) is 4.34 Å². The number of sulfonamides is 1. The molecular formula is C8H5ClN2O4S3. The molecule has 0 aromatic carbocycles. The molecule has 0 aliphatic rings. The van der Waals surface area contributed by atoms with Gasteiger partial charge in [0.2, 0.25) is 0 Å². The molecule has 2 rings (SSSR count). The fourth-order valence-corrected chi connectivity index (χ4v) is 4.50. The fourth-order valence-electron chi connectivity index (χ4n) is 1.12. The minimum Gasteiger partial charge on any atom is -0.278 e. The Labute approximate surface area is 115 Å². The van der Waals surface area contributed by atoms with Gasteiger partial charge in [0.1, 0.15) is 4.21 Å². The number of hydrogen-bond acceptors (Lipinski definition) is 6. The van der Waals surface area contributed by atoms with Crippen molar-refractivity contribution in [2.24, 2.45) is 0 Å². The van der Waals surface area contributed by atoms with Crippen LogP contribution in [0.3, 0.4) is 0 Å². The summed E-state index contributed by atoms with van der Waals surface area (Å²) in [7, 11) is -3.83. The van der Waals surface area contributed by atoms with Crippen molar-refractivity contribution in [3.63, 3.8) is 0 Å². The normalized spacial score (nSPS) is 11.4. The van der Waals surface area contributed by atoms with Gasteiger partial charge in [-0.15, -0.1) is 11.3 Å². The molecule has 0 unspecified atom stereocenters. The first kappa shape index (κ1) is 13.3. The van der Waals surface area contributed by atoms with Crippen molar-refractivity contribution in [3.8, 4) is 0 Å². The number of anilines is 1. The van der Waals surface area contributed by atoms with Crippen LogP contribution in [-0.4, -0.2) is 13.3 Å². The predicted octanol–water partition coefficient (Wildman–Crippen LogP) is 3.17. The van der Waals surface area contributed by atoms with Gasteiger partial charge in [0.05, 0.1) is 10.6 Å². The molecule has 0 atom stereocenters. The third-order valence-electron chi connectivity index (χ3n) is 1.88. The molecule has 2 aromatic rings. The summed E-state index contributed by atoms with van der Waals surface area (Å²) in [5.41, 5.74) is -0.000430. The first-order valence-electron chi connectivity index (χ1n) is 4.39. The van der Waals surface area contributed by atoms with Crippen molar-refractivity contribution in [2.45, 2.75) is 4.21 Å². The van der Waals surface area contributed by atoms with Crippen LogP contribution in [0.5, 0.6) is 0 Å². The molecule has 2 heterocycles. The Morgan fingerprint density at radius 2 is 2.17 bits per heavy atom. The molecule has 10 heteroatoms. The summed E-state index contributed by atoms with van der Waals surface area (Å²) in [6.07, 6.45) is 0. The number of rotatable bonds is 4. The van der Waals surface area contributed by atoms with Gasteiger partial charge in [0.15, 0.2) is 4.34 Å². The average molecular weight is 325 g/mol. The fraction of sp³-hybridized carbons (Fsp3) is 0. The Kier molecular flexibility index (Phi) is 3.57. The molecule has 6 nitrogen and oxygen atoms in total. The maximum absolute atomic E-state index is 11.9. The molecule has 0 aliphatic heterocycles. The van der Waals surface area contributed by atoms with E-state index in [-0.39, 0.29) is 8.55 Å². The SMILES string of the molecule is O=[N+]([O-])c1cc(S(=O)(=O)Nc2ccsc2)sc1Cl. The van der Waals surface area contributed by atoms with Crippen molar-refractivity contribution in [2.75, 3.05) is 4.72 Å². The average Bonchev–Trinajstić information content (AvgIpc) is 2.86. The Bertz CT molecular complexity index is 677. The van der Waals surface area contributed by atoms with Crippen LogP contribution in [0.15, 0.2) is 27.1 Å². The van der Waals surface area contributed by atoms with Gasteiger partial charge < -0.3 is 0 Å². The van der Waals surface area contributed by atoms with Gasteiger partial charge in [-0.25, -0.2) is 8.42 Å². The zero-order valence-corrected chi connectivity index (χ0v) is 11.7. The van der Waals surface area contributed by atoms with E-state index in [1.807, 2.05) is 0 Å². The van der Waals surface area contributed by atoms with Crippen molar-refractivity contribution in [1.29, 1.82) is 0 Å². The molecule has 0 fully saturated rings. The molecule has 0 saturated carbocycles. The van der Waals surface area contributed by atoms with Gasteiger partial charge in [-0.2, -0.15) is 11.3 Å². The summed E-state index contributed by atoms with van der Waals surface area (Å²) in [5, 5.41) is 13.9. The van der Waals surface area contributed by atoms with Crippen LogP contribution in [-0.2, 0) is 10.0 Å². The van der Waals surface area contributed by atoms with Gasteiger partial charge in [0, 0.05) is 11.4 Å². The maximum atomic E-state index is 11.9. The van der Waals surface area contributed by atoms with E-state index in [0.29, 0.717) is 17.0 Å². The molecule has 0 bridgehead atoms. The number of hydrogen-bond donors (Lipinski definition) is 1. The highest BCUT2D eigenvalue weighted by atomic mass is 35.5. The van der Waals surface area contributed by atoms with Crippen molar-refractivity contribution in [3.05, 3.63) is 37.3 Å². The highest BCUT2D eigenvalue weighted by Crippen LogP contribution is 2.36. The molecule has 0 amide bonds. The van der Waals surface area contributed by atoms with Crippen LogP contribution in [0.4, 0.5) is 11.4 Å². The summed E-state index contributed by atoms with van der Waals surface area (Å²) >= 11 is 7.59. The summed E-state index contributed by atoms with van der Waals surface area (Å²) in [6, 6.07) is 2.54. The van der Waals surface area contributed by atoms with Gasteiger partial charge in [-0.05, 0) is 11.4 Å². The standard InChI is InChI=1S/C8H5ClN2O4S3/c9-8-6(11(12)13)3-7(17-8)18(14,15)10-5-1-2-16-4-5/h1-4,10H. The number of thiophene rings is 2. The van der Waals surface area contributed by atoms with Crippen LogP contribution in [0.1, 0.15) is 0 Å². The summed E-state index contributed by atoms with van der Waals surface area (Å²) in [5.74, 6) is 0. The Morgan fingerprint density at radius 3 is 2.67 bits per heavy atom. The molecule has 2 aromatic heterocycles. The van der Waals surface area contributed by atoms with E-state index in [9.17, 15) is 18.5 Å². The first-order valence-corrected chi connectivity index (χ1v) is 8.01. The van der Waals surface area contributed by atoms with E-state index >= 15 is 0 Å². The zero-order valence-electron chi connectivity index (χ0n) is 8.49. The minimum atomic E-state index is -3.83. The Morgan fingerprint density at radius 1 is 1.44 bits per heavy atom. The van der Waals surface area contributed by atoms with E-state index in [0.717, 1.165) is 6.07 Å². The second-order valence-electron chi connectivity index (χ2n) is 3.10. The second kappa shape index (κ2) is 4.84. The second-order valence-corrected chi connectivity index (χ2v) is 7.44. The van der Waals surface area contributed by atoms with E-state index in [1.54, 1.807) is 16.8 Å². The largest absolute Gasteiger partial charge is 0.300 e. The number of nitrogens with zero attached hydrogens (tertiary/aromatic N) is 1. The summed E-state index contributed by atoms with van der Waals surface area (Å²) < 4.78 is 25.8. The zero-order chi connectivity index (χ0) is 13.3. The Hall–Kier alpha value is -1.16. The summed E-state index contributed by atoms with van der Waals surface area (Å²) in [4.78, 5) is 9.87. The molecule has 0 saturated heterocycles. The van der Waals surface area contributed by atoms with E-state index in [4.69, 9.17) is 11.6 Å². The van der Waals surface area contributed by atoms with Crippen LogP contribution < -0.4 is 4.72 Å². The third-order valence-corrected chi connectivity index (χ3v) is 5.76. The predicted molar refractivity (Wildman–Crippen MR) is 71.1 cm³/mol. The Balaban J connectivity index is 2.36. The lowest BCUT2D eigenvalue weighted by atomic mass is 10.6. The smallest absolute Gasteiger partial charge is 0.278 e. The quantitative estimate of drug-likeness (QED) is 0.691. The molecule has 18 heavy (non-hydrogen) atoms. The van der Waals surface area contributed by atoms with Gasteiger partial charge >= 0.3 is 0 Å². The first-order chi connectivity index (χ1) is 8.40. The van der Waals surface area contributed by atoms with Crippen molar-refractivity contribution >= 4 is 55.7 Å². The summed E-state index contributed by atoms with van der Waals surface area (Å²) in [6.45, 7) is 0. The van der Waals surface area contributed by atoms with Crippen LogP contribution in [0, 0.1) is 10.1 Å². The van der Waals surface area contributed by atoms with E-state index in [2.05, 4.69) is 4.72 Å². The topological polar surface area (TPSA) is 89.3 Å². The van der Waals surface area contributed by atoms with Crippen LogP contribution >= 0.6 is 34.3 Å². The molecule has 0 spiro atoms. The lowest BCUT2D eigenvalue weighted by Crippen LogP contribution is -2.10. The highest BCUT2D eigenvalue weighted by molar-refractivity contribution is 7.94. The number of halogens is 1. The molecule has 0 radical (unpaired) electrons. The van der Waals surface area contributed by atoms with Gasteiger partial charge in [0.25, 0.3) is 15.7 Å². The molecule has 0 aliphatic carbocycles. The third kappa shape index (κ3) is 2.64. The monoisotopic (exact) mass is 324 g/mol. The molecular weight excluding hydrogens is 320 g/mol. The minimum absolute atomic E-state index is 0.161. The van der Waals surface area contributed by atoms with Gasteiger partial charge in [-0.3, -0.25) is 14.8 Å². The van der Waals surface area contributed by atoms with Gasteiger partial charge in [-0.1, -0.05) is 11.6 Å².